The molecular formula is C14H16F3NO2. The molecule has 3 nitrogen and oxygen atoms in total. The van der Waals surface area contributed by atoms with E-state index in [4.69, 9.17) is 5.11 Å². The highest BCUT2D eigenvalue weighted by molar-refractivity contribution is 5.85. The molecule has 110 valence electrons. The Labute approximate surface area is 115 Å². The molecule has 0 amide bonds. The number of hydrogen-bond donors (Lipinski definition) is 1. The smallest absolute Gasteiger partial charge is 0.390 e. The van der Waals surface area contributed by atoms with Gasteiger partial charge in [-0.1, -0.05) is 6.07 Å². The maximum atomic E-state index is 12.2. The van der Waals surface area contributed by atoms with Crippen molar-refractivity contribution in [1.29, 1.82) is 0 Å². The monoisotopic (exact) mass is 287 g/mol. The topological polar surface area (TPSA) is 40.5 Å². The molecule has 1 rings (SSSR count). The normalized spacial score (nSPS) is 11.8. The van der Waals surface area contributed by atoms with Crippen molar-refractivity contribution in [3.8, 4) is 0 Å². The third-order valence-electron chi connectivity index (χ3n) is 2.78. The van der Waals surface area contributed by atoms with Crippen LogP contribution in [-0.4, -0.2) is 30.8 Å². The Morgan fingerprint density at radius 2 is 2.05 bits per heavy atom. The summed E-state index contributed by atoms with van der Waals surface area (Å²) in [7, 11) is 1.60. The summed E-state index contributed by atoms with van der Waals surface area (Å²) in [5, 5.41) is 8.53. The van der Waals surface area contributed by atoms with Crippen molar-refractivity contribution in [2.24, 2.45) is 0 Å². The first kappa shape index (κ1) is 16.1. The van der Waals surface area contributed by atoms with Crippen LogP contribution in [0.3, 0.4) is 0 Å². The number of rotatable bonds is 5. The average molecular weight is 287 g/mol. The number of benzene rings is 1. The van der Waals surface area contributed by atoms with Crippen LogP contribution in [0, 0.1) is 6.92 Å². The van der Waals surface area contributed by atoms with Crippen LogP contribution in [0.25, 0.3) is 6.08 Å². The molecule has 6 heteroatoms. The lowest BCUT2D eigenvalue weighted by atomic mass is 10.1. The minimum atomic E-state index is -4.17. The van der Waals surface area contributed by atoms with Crippen molar-refractivity contribution in [2.75, 3.05) is 18.5 Å². The molecule has 0 unspecified atom stereocenters. The lowest BCUT2D eigenvalue weighted by Crippen LogP contribution is -2.24. The maximum Gasteiger partial charge on any atom is 0.390 e. The molecule has 0 saturated heterocycles. The Hall–Kier alpha value is -1.98. The van der Waals surface area contributed by atoms with Crippen LogP contribution in [-0.2, 0) is 4.79 Å². The van der Waals surface area contributed by atoms with E-state index in [1.807, 2.05) is 0 Å². The summed E-state index contributed by atoms with van der Waals surface area (Å²) in [6.07, 6.45) is -2.59. The van der Waals surface area contributed by atoms with Gasteiger partial charge in [0.15, 0.2) is 0 Å². The van der Waals surface area contributed by atoms with Gasteiger partial charge in [-0.15, -0.1) is 0 Å². The van der Waals surface area contributed by atoms with Gasteiger partial charge >= 0.3 is 12.1 Å². The molecule has 1 N–H and O–H groups in total. The largest absolute Gasteiger partial charge is 0.478 e. The lowest BCUT2D eigenvalue weighted by molar-refractivity contribution is -0.132. The van der Waals surface area contributed by atoms with Crippen LogP contribution in [0.15, 0.2) is 24.3 Å². The number of halogens is 3. The zero-order valence-electron chi connectivity index (χ0n) is 11.2. The second-order valence-electron chi connectivity index (χ2n) is 4.50. The molecule has 0 fully saturated rings. The van der Waals surface area contributed by atoms with Crippen LogP contribution in [0.5, 0.6) is 0 Å². The Balaban J connectivity index is 2.79. The van der Waals surface area contributed by atoms with Crippen LogP contribution < -0.4 is 4.90 Å². The summed E-state index contributed by atoms with van der Waals surface area (Å²) in [4.78, 5) is 11.9. The molecule has 0 aliphatic carbocycles. The number of anilines is 1. The summed E-state index contributed by atoms with van der Waals surface area (Å²) in [6, 6.07) is 5.10. The Bertz CT molecular complexity index is 510. The number of carboxylic acids is 1. The number of nitrogens with zero attached hydrogens (tertiary/aromatic N) is 1. The molecule has 0 heterocycles. The average Bonchev–Trinajstić information content (AvgIpc) is 2.32. The summed E-state index contributed by atoms with van der Waals surface area (Å²) in [5.41, 5.74) is 2.18. The van der Waals surface area contributed by atoms with E-state index in [9.17, 15) is 18.0 Å². The first-order valence-corrected chi connectivity index (χ1v) is 5.98. The minimum absolute atomic E-state index is 0.116. The number of carbonyl (C=O) groups is 1. The molecule has 0 aliphatic rings. The van der Waals surface area contributed by atoms with Gasteiger partial charge in [0.05, 0.1) is 6.42 Å². The summed E-state index contributed by atoms with van der Waals surface area (Å²) in [6.45, 7) is 1.66. The minimum Gasteiger partial charge on any atom is -0.478 e. The standard InChI is InChI=1S/C14H16F3NO2/c1-10-9-11(4-6-13(19)20)3-5-12(10)18(2)8-7-14(15,16)17/h3-6,9H,7-8H2,1-2H3,(H,19,20). The lowest BCUT2D eigenvalue weighted by Gasteiger charge is -2.22. The molecule has 0 saturated carbocycles. The van der Waals surface area contributed by atoms with E-state index in [-0.39, 0.29) is 6.54 Å². The van der Waals surface area contributed by atoms with Gasteiger partial charge in [0.25, 0.3) is 0 Å². The molecule has 1 aromatic carbocycles. The summed E-state index contributed by atoms with van der Waals surface area (Å²) in [5.74, 6) is -1.05. The third kappa shape index (κ3) is 5.34. The number of carboxylic acid groups (broad SMARTS) is 1. The zero-order valence-corrected chi connectivity index (χ0v) is 11.2. The molecule has 0 bridgehead atoms. The van der Waals surface area contributed by atoms with Gasteiger partial charge in [-0.2, -0.15) is 13.2 Å². The van der Waals surface area contributed by atoms with Gasteiger partial charge in [0.1, 0.15) is 0 Å². The first-order valence-electron chi connectivity index (χ1n) is 5.98. The second-order valence-corrected chi connectivity index (χ2v) is 4.50. The highest BCUT2D eigenvalue weighted by Crippen LogP contribution is 2.24. The molecule has 0 spiro atoms. The van der Waals surface area contributed by atoms with Crippen molar-refractivity contribution in [3.05, 3.63) is 35.4 Å². The molecule has 0 radical (unpaired) electrons. The molecule has 1 aromatic rings. The van der Waals surface area contributed by atoms with Gasteiger partial charge in [-0.3, -0.25) is 0 Å². The second kappa shape index (κ2) is 6.45. The first-order chi connectivity index (χ1) is 9.19. The fourth-order valence-electron chi connectivity index (χ4n) is 1.79. The van der Waals surface area contributed by atoms with Crippen molar-refractivity contribution < 1.29 is 23.1 Å². The molecule has 20 heavy (non-hydrogen) atoms. The number of aryl methyl sites for hydroxylation is 1. The van der Waals surface area contributed by atoms with Gasteiger partial charge in [-0.05, 0) is 36.3 Å². The maximum absolute atomic E-state index is 12.2. The molecule has 0 aromatic heterocycles. The Kier molecular flexibility index (Phi) is 5.19. The molecule has 0 atom stereocenters. The van der Waals surface area contributed by atoms with Crippen molar-refractivity contribution in [1.82, 2.24) is 0 Å². The quantitative estimate of drug-likeness (QED) is 0.843. The predicted molar refractivity (Wildman–Crippen MR) is 71.8 cm³/mol. The van der Waals surface area contributed by atoms with E-state index in [0.717, 1.165) is 11.6 Å². The van der Waals surface area contributed by atoms with Crippen LogP contribution >= 0.6 is 0 Å². The third-order valence-corrected chi connectivity index (χ3v) is 2.78. The summed E-state index contributed by atoms with van der Waals surface area (Å²) < 4.78 is 36.5. The van der Waals surface area contributed by atoms with Gasteiger partial charge in [-0.25, -0.2) is 4.79 Å². The van der Waals surface area contributed by atoms with Crippen LogP contribution in [0.4, 0.5) is 18.9 Å². The van der Waals surface area contributed by atoms with E-state index in [2.05, 4.69) is 0 Å². The van der Waals surface area contributed by atoms with Gasteiger partial charge in [0.2, 0.25) is 0 Å². The van der Waals surface area contributed by atoms with Gasteiger partial charge in [0, 0.05) is 25.4 Å². The number of alkyl halides is 3. The predicted octanol–water partition coefficient (Wildman–Crippen LogP) is 3.48. The van der Waals surface area contributed by atoms with Crippen molar-refractivity contribution >= 4 is 17.7 Å². The van der Waals surface area contributed by atoms with Gasteiger partial charge < -0.3 is 10.0 Å². The fraction of sp³-hybridized carbons (Fsp3) is 0.357. The van der Waals surface area contributed by atoms with Crippen molar-refractivity contribution in [2.45, 2.75) is 19.5 Å². The Morgan fingerprint density at radius 1 is 1.40 bits per heavy atom. The van der Waals surface area contributed by atoms with Crippen LogP contribution in [0.2, 0.25) is 0 Å². The van der Waals surface area contributed by atoms with E-state index >= 15 is 0 Å². The molecule has 0 aliphatic heterocycles. The number of aliphatic carboxylic acids is 1. The van der Waals surface area contributed by atoms with Crippen molar-refractivity contribution in [3.63, 3.8) is 0 Å². The highest BCUT2D eigenvalue weighted by atomic mass is 19.4. The number of hydrogen-bond acceptors (Lipinski definition) is 2. The molecular weight excluding hydrogens is 271 g/mol. The highest BCUT2D eigenvalue weighted by Gasteiger charge is 2.27. The van der Waals surface area contributed by atoms with Crippen LogP contribution in [0.1, 0.15) is 17.5 Å². The van der Waals surface area contributed by atoms with E-state index in [1.165, 1.54) is 11.0 Å². The zero-order chi connectivity index (χ0) is 15.3. The SMILES string of the molecule is Cc1cc(C=CC(=O)O)ccc1N(C)CCC(F)(F)F. The Morgan fingerprint density at radius 3 is 2.55 bits per heavy atom. The summed E-state index contributed by atoms with van der Waals surface area (Å²) >= 11 is 0. The fourth-order valence-corrected chi connectivity index (χ4v) is 1.79. The van der Waals surface area contributed by atoms with E-state index < -0.39 is 18.6 Å². The van der Waals surface area contributed by atoms with E-state index in [1.54, 1.807) is 32.2 Å². The van der Waals surface area contributed by atoms with E-state index in [0.29, 0.717) is 11.3 Å².